The van der Waals surface area contributed by atoms with E-state index in [1.165, 1.54) is 25.1 Å². The number of nitro groups is 1. The molecule has 3 rings (SSSR count). The third-order valence-electron chi connectivity index (χ3n) is 4.70. The molecule has 3 aromatic rings. The second-order valence-electron chi connectivity index (χ2n) is 7.09. The van der Waals surface area contributed by atoms with Crippen molar-refractivity contribution in [2.75, 3.05) is 10.7 Å². The van der Waals surface area contributed by atoms with Crippen LogP contribution in [0.3, 0.4) is 0 Å². The maximum Gasteiger partial charge on any atom is 0.271 e. The molecule has 2 aromatic carbocycles. The summed E-state index contributed by atoms with van der Waals surface area (Å²) in [6, 6.07) is 13.9. The van der Waals surface area contributed by atoms with Crippen molar-refractivity contribution in [3.05, 3.63) is 86.7 Å². The van der Waals surface area contributed by atoms with E-state index in [1.807, 2.05) is 26.0 Å². The Kier molecular flexibility index (Phi) is 6.79. The van der Waals surface area contributed by atoms with Crippen LogP contribution in [0.4, 0.5) is 11.4 Å². The van der Waals surface area contributed by atoms with Gasteiger partial charge >= 0.3 is 0 Å². The highest BCUT2D eigenvalue weighted by Gasteiger charge is 2.18. The summed E-state index contributed by atoms with van der Waals surface area (Å²) in [7, 11) is 0. The van der Waals surface area contributed by atoms with Gasteiger partial charge in [0.25, 0.3) is 17.5 Å². The summed E-state index contributed by atoms with van der Waals surface area (Å²) in [5.41, 5.74) is 4.95. The Balaban J connectivity index is 1.62. The molecule has 0 saturated carbocycles. The summed E-state index contributed by atoms with van der Waals surface area (Å²) in [6.07, 6.45) is -0.921. The van der Waals surface area contributed by atoms with E-state index < -0.39 is 16.9 Å². The molecule has 9 nitrogen and oxygen atoms in total. The normalized spacial score (nSPS) is 11.5. The predicted molar refractivity (Wildman–Crippen MR) is 121 cm³/mol. The second kappa shape index (κ2) is 9.52. The Bertz CT molecular complexity index is 1150. The predicted octanol–water partition coefficient (Wildman–Crippen LogP) is 4.46. The average molecular weight is 457 g/mol. The van der Waals surface area contributed by atoms with Crippen molar-refractivity contribution in [1.29, 1.82) is 0 Å². The van der Waals surface area contributed by atoms with Gasteiger partial charge in [0.15, 0.2) is 6.10 Å². The molecule has 2 amide bonds. The van der Waals surface area contributed by atoms with Gasteiger partial charge in [0.05, 0.1) is 15.6 Å². The quantitative estimate of drug-likeness (QED) is 0.402. The lowest BCUT2D eigenvalue weighted by Crippen LogP contribution is -2.30. The molecule has 1 atom stereocenters. The van der Waals surface area contributed by atoms with E-state index in [2.05, 4.69) is 10.7 Å². The van der Waals surface area contributed by atoms with Crippen molar-refractivity contribution in [3.8, 4) is 5.75 Å². The van der Waals surface area contributed by atoms with Crippen LogP contribution in [0, 0.1) is 24.0 Å². The summed E-state index contributed by atoms with van der Waals surface area (Å²) >= 11 is 6.01. The summed E-state index contributed by atoms with van der Waals surface area (Å²) < 4.78 is 7.31. The number of carbonyl (C=O) groups is 2. The zero-order valence-electron chi connectivity index (χ0n) is 17.6. The third kappa shape index (κ3) is 5.25. The molecule has 1 heterocycles. The molecule has 0 aliphatic rings. The molecule has 1 aromatic heterocycles. The van der Waals surface area contributed by atoms with E-state index in [0.29, 0.717) is 11.3 Å². The molecule has 0 spiro atoms. The van der Waals surface area contributed by atoms with Gasteiger partial charge in [-0.3, -0.25) is 29.8 Å². The number of hydrogen-bond donors (Lipinski definition) is 2. The standard InChI is InChI=1S/C22H21ClN4O5/c1-13-4-5-14(2)26(13)25-22(29)16-6-9-18(10-7-16)32-15(3)21(28)24-20-12-17(27(30)31)8-11-19(20)23/h4-12,15H,1-3H3,(H,24,28)(H,25,29)/t15-/m1/s1. The van der Waals surface area contributed by atoms with Crippen molar-refractivity contribution in [3.63, 3.8) is 0 Å². The minimum Gasteiger partial charge on any atom is -0.481 e. The summed E-state index contributed by atoms with van der Waals surface area (Å²) in [5, 5.41) is 13.6. The molecule has 0 bridgehead atoms. The Labute approximate surface area is 189 Å². The number of aryl methyl sites for hydroxylation is 2. The number of anilines is 1. The number of ether oxygens (including phenoxy) is 1. The van der Waals surface area contributed by atoms with Crippen LogP contribution in [0.25, 0.3) is 0 Å². The number of non-ortho nitro benzene ring substituents is 1. The monoisotopic (exact) mass is 456 g/mol. The number of nitrogens with zero attached hydrogens (tertiary/aromatic N) is 2. The number of nitrogens with one attached hydrogen (secondary N) is 2. The fraction of sp³-hybridized carbons (Fsp3) is 0.182. The number of halogens is 1. The molecular weight excluding hydrogens is 436 g/mol. The summed E-state index contributed by atoms with van der Waals surface area (Å²) in [5.74, 6) is -0.444. The van der Waals surface area contributed by atoms with Crippen LogP contribution >= 0.6 is 11.6 Å². The molecular formula is C22H21ClN4O5. The highest BCUT2D eigenvalue weighted by molar-refractivity contribution is 6.33. The first-order chi connectivity index (χ1) is 15.2. The van der Waals surface area contributed by atoms with E-state index in [1.54, 1.807) is 28.9 Å². The number of nitro benzene ring substituents is 1. The van der Waals surface area contributed by atoms with Crippen molar-refractivity contribution in [2.24, 2.45) is 0 Å². The molecule has 0 radical (unpaired) electrons. The molecule has 0 aliphatic heterocycles. The smallest absolute Gasteiger partial charge is 0.271 e. The molecule has 2 N–H and O–H groups in total. The number of rotatable bonds is 7. The van der Waals surface area contributed by atoms with E-state index in [0.717, 1.165) is 11.4 Å². The lowest BCUT2D eigenvalue weighted by Gasteiger charge is -2.16. The third-order valence-corrected chi connectivity index (χ3v) is 5.03. The SMILES string of the molecule is Cc1ccc(C)n1NC(=O)c1ccc(O[C@H](C)C(=O)Nc2cc([N+](=O)[O-])ccc2Cl)cc1. The van der Waals surface area contributed by atoms with Crippen molar-refractivity contribution in [1.82, 2.24) is 4.68 Å². The highest BCUT2D eigenvalue weighted by Crippen LogP contribution is 2.27. The Morgan fingerprint density at radius 2 is 1.69 bits per heavy atom. The molecule has 0 unspecified atom stereocenters. The number of carbonyl (C=O) groups excluding carboxylic acids is 2. The van der Waals surface area contributed by atoms with Crippen LogP contribution in [-0.2, 0) is 4.79 Å². The Hall–Kier alpha value is -3.85. The van der Waals surface area contributed by atoms with E-state index in [-0.39, 0.29) is 22.3 Å². The van der Waals surface area contributed by atoms with Gasteiger partial charge in [0, 0.05) is 29.1 Å². The van der Waals surface area contributed by atoms with Crippen LogP contribution in [0.5, 0.6) is 5.75 Å². The highest BCUT2D eigenvalue weighted by atomic mass is 35.5. The van der Waals surface area contributed by atoms with Crippen molar-refractivity contribution >= 4 is 34.8 Å². The van der Waals surface area contributed by atoms with Gasteiger partial charge in [0.1, 0.15) is 5.75 Å². The maximum absolute atomic E-state index is 12.5. The van der Waals surface area contributed by atoms with E-state index in [4.69, 9.17) is 16.3 Å². The molecule has 32 heavy (non-hydrogen) atoms. The molecule has 166 valence electrons. The van der Waals surface area contributed by atoms with Crippen LogP contribution in [0.15, 0.2) is 54.6 Å². The fourth-order valence-electron chi connectivity index (χ4n) is 2.91. The number of amides is 2. The van der Waals surface area contributed by atoms with Gasteiger partial charge in [-0.15, -0.1) is 0 Å². The number of benzene rings is 2. The van der Waals surface area contributed by atoms with Crippen LogP contribution in [-0.4, -0.2) is 27.5 Å². The molecule has 0 saturated heterocycles. The van der Waals surface area contributed by atoms with Crippen LogP contribution < -0.4 is 15.5 Å². The number of aromatic nitrogens is 1. The van der Waals surface area contributed by atoms with Gasteiger partial charge in [0.2, 0.25) is 0 Å². The van der Waals surface area contributed by atoms with Gasteiger partial charge in [-0.05, 0) is 63.2 Å². The zero-order valence-corrected chi connectivity index (χ0v) is 18.3. The van der Waals surface area contributed by atoms with Gasteiger partial charge in [-0.25, -0.2) is 0 Å². The largest absolute Gasteiger partial charge is 0.481 e. The fourth-order valence-corrected chi connectivity index (χ4v) is 3.08. The number of hydrogen-bond acceptors (Lipinski definition) is 5. The lowest BCUT2D eigenvalue weighted by molar-refractivity contribution is -0.384. The van der Waals surface area contributed by atoms with Gasteiger partial charge in [-0.1, -0.05) is 11.6 Å². The minimum atomic E-state index is -0.921. The lowest BCUT2D eigenvalue weighted by atomic mass is 10.2. The Morgan fingerprint density at radius 3 is 2.28 bits per heavy atom. The van der Waals surface area contributed by atoms with Crippen LogP contribution in [0.2, 0.25) is 5.02 Å². The Morgan fingerprint density at radius 1 is 1.06 bits per heavy atom. The van der Waals surface area contributed by atoms with Crippen LogP contribution in [0.1, 0.15) is 28.7 Å². The molecule has 10 heteroatoms. The van der Waals surface area contributed by atoms with E-state index in [9.17, 15) is 19.7 Å². The maximum atomic E-state index is 12.5. The molecule has 0 fully saturated rings. The van der Waals surface area contributed by atoms with Crippen molar-refractivity contribution in [2.45, 2.75) is 26.9 Å². The minimum absolute atomic E-state index is 0.115. The first-order valence-electron chi connectivity index (χ1n) is 9.63. The summed E-state index contributed by atoms with van der Waals surface area (Å²) in [4.78, 5) is 35.2. The average Bonchev–Trinajstić information content (AvgIpc) is 3.07. The first kappa shape index (κ1) is 22.8. The van der Waals surface area contributed by atoms with Gasteiger partial charge in [-0.2, -0.15) is 0 Å². The van der Waals surface area contributed by atoms with E-state index >= 15 is 0 Å². The van der Waals surface area contributed by atoms with Gasteiger partial charge < -0.3 is 10.1 Å². The second-order valence-corrected chi connectivity index (χ2v) is 7.49. The topological polar surface area (TPSA) is 116 Å². The van der Waals surface area contributed by atoms with Crippen molar-refractivity contribution < 1.29 is 19.2 Å². The summed E-state index contributed by atoms with van der Waals surface area (Å²) in [6.45, 7) is 5.30. The zero-order chi connectivity index (χ0) is 23.4. The molecule has 0 aliphatic carbocycles. The first-order valence-corrected chi connectivity index (χ1v) is 10.0.